The molecule has 8 rings (SSSR count). The van der Waals surface area contributed by atoms with Crippen LogP contribution >= 0.6 is 0 Å². The van der Waals surface area contributed by atoms with E-state index in [1.54, 1.807) is 0 Å². The van der Waals surface area contributed by atoms with Crippen molar-refractivity contribution < 1.29 is 0 Å². The topological polar surface area (TPSA) is 43.1 Å². The van der Waals surface area contributed by atoms with Crippen molar-refractivity contribution in [2.75, 3.05) is 0 Å². The molecule has 4 aromatic carbocycles. The summed E-state index contributed by atoms with van der Waals surface area (Å²) in [6.45, 7) is 0. The highest BCUT2D eigenvalue weighted by molar-refractivity contribution is 6.14. The first-order chi connectivity index (χ1) is 19.3. The Balaban J connectivity index is 1.25. The molecule has 0 aliphatic heterocycles. The molecule has 4 heterocycles. The minimum absolute atomic E-state index is 0.931. The molecule has 0 atom stereocenters. The summed E-state index contributed by atoms with van der Waals surface area (Å²) in [5, 5.41) is 4.50. The van der Waals surface area contributed by atoms with Gasteiger partial charge in [0.15, 0.2) is 0 Å². The lowest BCUT2D eigenvalue weighted by Gasteiger charge is -2.09. The second-order valence-electron chi connectivity index (χ2n) is 9.75. The molecule has 4 heteroatoms. The Morgan fingerprint density at radius 3 is 2.05 bits per heavy atom. The van der Waals surface area contributed by atoms with Gasteiger partial charge in [-0.2, -0.15) is 0 Å². The van der Waals surface area contributed by atoms with Gasteiger partial charge in [-0.05, 0) is 24.3 Å². The van der Waals surface area contributed by atoms with Gasteiger partial charge < -0.3 is 0 Å². The van der Waals surface area contributed by atoms with Crippen molar-refractivity contribution in [3.05, 3.63) is 134 Å². The summed E-state index contributed by atoms with van der Waals surface area (Å²) in [4.78, 5) is 14.8. The molecule has 0 fully saturated rings. The van der Waals surface area contributed by atoms with Crippen molar-refractivity contribution in [1.82, 2.24) is 19.4 Å². The average Bonchev–Trinajstić information content (AvgIpc) is 3.41. The van der Waals surface area contributed by atoms with Crippen LogP contribution in [0.3, 0.4) is 0 Å². The summed E-state index contributed by atoms with van der Waals surface area (Å²) in [6, 6.07) is 42.1. The minimum atomic E-state index is 0.931. The maximum absolute atomic E-state index is 5.14. The van der Waals surface area contributed by atoms with E-state index in [0.717, 1.165) is 72.0 Å². The fraction of sp³-hybridized carbons (Fsp3) is 0. The third-order valence-electron chi connectivity index (χ3n) is 7.46. The fourth-order valence-corrected chi connectivity index (χ4v) is 5.56. The molecule has 182 valence electrons. The van der Waals surface area contributed by atoms with E-state index in [1.807, 2.05) is 36.5 Å². The first kappa shape index (κ1) is 21.7. The highest BCUT2D eigenvalue weighted by atomic mass is 15.0. The van der Waals surface area contributed by atoms with Gasteiger partial charge in [0.25, 0.3) is 0 Å². The number of nitrogens with zero attached hydrogens (tertiary/aromatic N) is 4. The predicted molar refractivity (Wildman–Crippen MR) is 160 cm³/mol. The number of aromatic nitrogens is 4. The molecule has 4 nitrogen and oxygen atoms in total. The van der Waals surface area contributed by atoms with E-state index < -0.39 is 0 Å². The lowest BCUT2D eigenvalue weighted by atomic mass is 10.0. The van der Waals surface area contributed by atoms with Crippen molar-refractivity contribution in [2.24, 2.45) is 0 Å². The van der Waals surface area contributed by atoms with Crippen molar-refractivity contribution in [3.63, 3.8) is 0 Å². The normalized spacial score (nSPS) is 11.6. The first-order valence-electron chi connectivity index (χ1n) is 13.0. The Labute approximate surface area is 224 Å². The maximum Gasteiger partial charge on any atom is 0.137 e. The van der Waals surface area contributed by atoms with Crippen molar-refractivity contribution >= 4 is 38.2 Å². The number of imidazole rings is 1. The van der Waals surface area contributed by atoms with Gasteiger partial charge in [-0.15, -0.1) is 0 Å². The Bertz CT molecular complexity index is 2160. The van der Waals surface area contributed by atoms with Crippen LogP contribution in [-0.2, 0) is 0 Å². The average molecular weight is 499 g/mol. The number of hydrogen-bond donors (Lipinski definition) is 0. The van der Waals surface area contributed by atoms with Gasteiger partial charge in [0.2, 0.25) is 0 Å². The van der Waals surface area contributed by atoms with Crippen LogP contribution in [0.15, 0.2) is 134 Å². The number of hydrogen-bond acceptors (Lipinski definition) is 3. The van der Waals surface area contributed by atoms with Gasteiger partial charge in [0.1, 0.15) is 5.65 Å². The molecular formula is C35H22N4. The van der Waals surface area contributed by atoms with Crippen LogP contribution in [-0.4, -0.2) is 19.4 Å². The Morgan fingerprint density at radius 2 is 1.21 bits per heavy atom. The second kappa shape index (κ2) is 8.61. The van der Waals surface area contributed by atoms with Gasteiger partial charge in [-0.25, -0.2) is 9.97 Å². The highest BCUT2D eigenvalue weighted by Crippen LogP contribution is 2.35. The van der Waals surface area contributed by atoms with E-state index in [-0.39, 0.29) is 0 Å². The molecule has 0 aliphatic carbocycles. The van der Waals surface area contributed by atoms with Crippen molar-refractivity contribution in [1.29, 1.82) is 0 Å². The molecule has 0 spiro atoms. The predicted octanol–water partition coefficient (Wildman–Crippen LogP) is 8.58. The molecule has 0 N–H and O–H groups in total. The smallest absolute Gasteiger partial charge is 0.137 e. The van der Waals surface area contributed by atoms with Gasteiger partial charge in [0, 0.05) is 50.6 Å². The van der Waals surface area contributed by atoms with Gasteiger partial charge in [-0.1, -0.05) is 97.1 Å². The van der Waals surface area contributed by atoms with E-state index >= 15 is 0 Å². The quantitative estimate of drug-likeness (QED) is 0.229. The largest absolute Gasteiger partial charge is 0.299 e. The van der Waals surface area contributed by atoms with E-state index in [1.165, 1.54) is 0 Å². The Hall–Kier alpha value is -5.35. The van der Waals surface area contributed by atoms with E-state index in [2.05, 4.69) is 107 Å². The molecule has 0 unspecified atom stereocenters. The lowest BCUT2D eigenvalue weighted by Crippen LogP contribution is -1.90. The van der Waals surface area contributed by atoms with Crippen LogP contribution in [0.2, 0.25) is 0 Å². The monoisotopic (exact) mass is 498 g/mol. The van der Waals surface area contributed by atoms with Crippen LogP contribution in [0, 0.1) is 0 Å². The molecule has 8 aromatic rings. The highest BCUT2D eigenvalue weighted by Gasteiger charge is 2.16. The zero-order valence-electron chi connectivity index (χ0n) is 21.0. The van der Waals surface area contributed by atoms with Crippen LogP contribution < -0.4 is 0 Å². The van der Waals surface area contributed by atoms with Crippen molar-refractivity contribution in [2.45, 2.75) is 0 Å². The number of benzene rings is 4. The van der Waals surface area contributed by atoms with Crippen LogP contribution in [0.1, 0.15) is 0 Å². The summed E-state index contributed by atoms with van der Waals surface area (Å²) >= 11 is 0. The molecule has 0 bridgehead atoms. The third-order valence-corrected chi connectivity index (χ3v) is 7.46. The number of pyridine rings is 3. The first-order valence-corrected chi connectivity index (χ1v) is 13.0. The van der Waals surface area contributed by atoms with Crippen molar-refractivity contribution in [3.8, 4) is 33.8 Å². The summed E-state index contributed by atoms with van der Waals surface area (Å²) in [7, 11) is 0. The molecule has 4 aromatic heterocycles. The molecule has 0 radical (unpaired) electrons. The van der Waals surface area contributed by atoms with E-state index in [0.29, 0.717) is 0 Å². The Kier molecular flexibility index (Phi) is 4.79. The lowest BCUT2D eigenvalue weighted by molar-refractivity contribution is 1.19. The molecule has 0 amide bonds. The van der Waals surface area contributed by atoms with E-state index in [4.69, 9.17) is 9.97 Å². The summed E-state index contributed by atoms with van der Waals surface area (Å²) in [6.07, 6.45) is 3.92. The van der Waals surface area contributed by atoms with Gasteiger partial charge in [-0.3, -0.25) is 9.38 Å². The Morgan fingerprint density at radius 1 is 0.487 bits per heavy atom. The fourth-order valence-electron chi connectivity index (χ4n) is 5.56. The summed E-state index contributed by atoms with van der Waals surface area (Å²) in [5.74, 6) is 0. The van der Waals surface area contributed by atoms with Crippen LogP contribution in [0.5, 0.6) is 0 Å². The summed E-state index contributed by atoms with van der Waals surface area (Å²) in [5.41, 5.74) is 9.22. The molecule has 0 saturated carbocycles. The van der Waals surface area contributed by atoms with E-state index in [9.17, 15) is 0 Å². The third kappa shape index (κ3) is 3.50. The number of fused-ring (bicyclic) bond motifs is 6. The van der Waals surface area contributed by atoms with Gasteiger partial charge in [0.05, 0.1) is 28.1 Å². The number of rotatable bonds is 3. The maximum atomic E-state index is 5.14. The zero-order chi connectivity index (χ0) is 25.8. The zero-order valence-corrected chi connectivity index (χ0v) is 21.0. The van der Waals surface area contributed by atoms with Crippen LogP contribution in [0.25, 0.3) is 72.0 Å². The standard InChI is InChI=1S/C35H22N4/c1-2-7-27(8-3-1)35-34(38-31-10-4-5-22-39(31)35)26-13-11-23(12-14-26)30-20-17-25-16-18-28-29(33(25)37-30)19-15-24-9-6-21-36-32(24)28/h1-22H. The van der Waals surface area contributed by atoms with Crippen LogP contribution in [0.4, 0.5) is 0 Å². The minimum Gasteiger partial charge on any atom is -0.299 e. The summed E-state index contributed by atoms with van der Waals surface area (Å²) < 4.78 is 2.16. The molecule has 0 saturated heterocycles. The molecule has 39 heavy (non-hydrogen) atoms. The van der Waals surface area contributed by atoms with Gasteiger partial charge >= 0.3 is 0 Å². The SMILES string of the molecule is c1ccc(-c2c(-c3ccc(-c4ccc5ccc6c(ccc7cccnc76)c5n4)cc3)nc3ccccn23)cc1. The molecule has 0 aliphatic rings. The second-order valence-corrected chi connectivity index (χ2v) is 9.75. The molecular weight excluding hydrogens is 476 g/mol.